The third-order valence-corrected chi connectivity index (χ3v) is 2.04. The molecule has 0 atom stereocenters. The Morgan fingerprint density at radius 3 is 2.67 bits per heavy atom. The van der Waals surface area contributed by atoms with E-state index < -0.39 is 17.5 Å². The molecule has 0 unspecified atom stereocenters. The van der Waals surface area contributed by atoms with Crippen molar-refractivity contribution in [1.29, 1.82) is 5.26 Å². The van der Waals surface area contributed by atoms with E-state index in [-0.39, 0.29) is 17.2 Å². The molecular formula is C13H12F2N2O. The van der Waals surface area contributed by atoms with Crippen molar-refractivity contribution < 1.29 is 13.6 Å². The average molecular weight is 250 g/mol. The lowest BCUT2D eigenvalue weighted by Crippen LogP contribution is -2.30. The zero-order chi connectivity index (χ0) is 13.7. The van der Waals surface area contributed by atoms with Crippen molar-refractivity contribution in [2.75, 3.05) is 0 Å². The molecule has 0 fully saturated rings. The van der Waals surface area contributed by atoms with Crippen molar-refractivity contribution in [2.24, 2.45) is 0 Å². The summed E-state index contributed by atoms with van der Waals surface area (Å²) in [5.74, 6) is -1.94. The van der Waals surface area contributed by atoms with Gasteiger partial charge < -0.3 is 5.32 Å². The number of carbonyl (C=O) groups excluding carboxylic acids is 1. The highest BCUT2D eigenvalue weighted by Crippen LogP contribution is 2.13. The van der Waals surface area contributed by atoms with Gasteiger partial charge in [-0.3, -0.25) is 4.79 Å². The Morgan fingerprint density at radius 1 is 1.44 bits per heavy atom. The molecule has 5 heteroatoms. The Morgan fingerprint density at radius 2 is 2.11 bits per heavy atom. The highest BCUT2D eigenvalue weighted by molar-refractivity contribution is 6.01. The molecule has 0 saturated carbocycles. The van der Waals surface area contributed by atoms with Crippen LogP contribution in [-0.2, 0) is 4.79 Å². The summed E-state index contributed by atoms with van der Waals surface area (Å²) in [5, 5.41) is 11.3. The summed E-state index contributed by atoms with van der Waals surface area (Å²) >= 11 is 0. The van der Waals surface area contributed by atoms with Crippen LogP contribution >= 0.6 is 0 Å². The van der Waals surface area contributed by atoms with E-state index in [1.54, 1.807) is 19.9 Å². The number of nitrogens with one attached hydrogen (secondary N) is 1. The quantitative estimate of drug-likeness (QED) is 0.661. The topological polar surface area (TPSA) is 52.9 Å². The van der Waals surface area contributed by atoms with E-state index in [1.165, 1.54) is 0 Å². The molecule has 3 nitrogen and oxygen atoms in total. The Hall–Kier alpha value is -2.22. The molecule has 1 aromatic carbocycles. The van der Waals surface area contributed by atoms with Crippen LogP contribution in [0.1, 0.15) is 19.4 Å². The Kier molecular flexibility index (Phi) is 4.55. The van der Waals surface area contributed by atoms with E-state index in [4.69, 9.17) is 5.26 Å². The fourth-order valence-electron chi connectivity index (χ4n) is 1.27. The molecule has 0 aliphatic heterocycles. The van der Waals surface area contributed by atoms with E-state index in [9.17, 15) is 13.6 Å². The second kappa shape index (κ2) is 5.92. The van der Waals surface area contributed by atoms with Crippen LogP contribution in [0.2, 0.25) is 0 Å². The number of halogens is 2. The molecule has 0 saturated heterocycles. The van der Waals surface area contributed by atoms with Gasteiger partial charge in [0, 0.05) is 11.6 Å². The van der Waals surface area contributed by atoms with Gasteiger partial charge in [0.2, 0.25) is 0 Å². The lowest BCUT2D eigenvalue weighted by atomic mass is 10.1. The third-order valence-electron chi connectivity index (χ3n) is 2.04. The van der Waals surface area contributed by atoms with Gasteiger partial charge in [0.1, 0.15) is 23.3 Å². The van der Waals surface area contributed by atoms with Crippen LogP contribution in [0, 0.1) is 23.0 Å². The maximum Gasteiger partial charge on any atom is 0.262 e. The average Bonchev–Trinajstić information content (AvgIpc) is 2.29. The van der Waals surface area contributed by atoms with Crippen LogP contribution in [0.5, 0.6) is 0 Å². The standard InChI is InChI=1S/C13H12F2N2O/c1-8(2)17-13(18)10(7-16)5-9-6-11(14)3-4-12(9)15/h3-6,8H,1-2H3,(H,17,18). The molecular weight excluding hydrogens is 238 g/mol. The molecule has 0 aliphatic carbocycles. The summed E-state index contributed by atoms with van der Waals surface area (Å²) in [6.07, 6.45) is 1.02. The van der Waals surface area contributed by atoms with Crippen LogP contribution in [0.15, 0.2) is 23.8 Å². The zero-order valence-electron chi connectivity index (χ0n) is 10.00. The molecule has 18 heavy (non-hydrogen) atoms. The first-order valence-corrected chi connectivity index (χ1v) is 5.31. The van der Waals surface area contributed by atoms with Gasteiger partial charge in [-0.15, -0.1) is 0 Å². The minimum absolute atomic E-state index is 0.134. The highest BCUT2D eigenvalue weighted by Gasteiger charge is 2.11. The molecule has 0 spiro atoms. The van der Waals surface area contributed by atoms with Gasteiger partial charge in [-0.25, -0.2) is 8.78 Å². The molecule has 0 radical (unpaired) electrons. The van der Waals surface area contributed by atoms with E-state index in [1.807, 2.05) is 0 Å². The number of hydrogen-bond acceptors (Lipinski definition) is 2. The Balaban J connectivity index is 3.08. The molecule has 1 N–H and O–H groups in total. The first-order chi connectivity index (χ1) is 8.43. The van der Waals surface area contributed by atoms with Crippen LogP contribution in [0.3, 0.4) is 0 Å². The number of nitriles is 1. The zero-order valence-corrected chi connectivity index (χ0v) is 10.00. The lowest BCUT2D eigenvalue weighted by Gasteiger charge is -2.07. The summed E-state index contributed by atoms with van der Waals surface area (Å²) in [6.45, 7) is 3.46. The maximum atomic E-state index is 13.3. The molecule has 0 aromatic heterocycles. The molecule has 0 aliphatic rings. The van der Waals surface area contributed by atoms with Crippen molar-refractivity contribution in [1.82, 2.24) is 5.32 Å². The van der Waals surface area contributed by atoms with Gasteiger partial charge in [0.15, 0.2) is 0 Å². The maximum absolute atomic E-state index is 13.3. The summed E-state index contributed by atoms with van der Waals surface area (Å²) in [7, 11) is 0. The molecule has 1 amide bonds. The summed E-state index contributed by atoms with van der Waals surface area (Å²) in [6, 6.07) is 4.35. The monoisotopic (exact) mass is 250 g/mol. The van der Waals surface area contributed by atoms with E-state index in [0.29, 0.717) is 0 Å². The number of amides is 1. The second-order valence-electron chi connectivity index (χ2n) is 3.96. The van der Waals surface area contributed by atoms with Gasteiger partial charge in [-0.05, 0) is 38.1 Å². The normalized spacial score (nSPS) is 11.2. The van der Waals surface area contributed by atoms with Crippen LogP contribution in [-0.4, -0.2) is 11.9 Å². The number of benzene rings is 1. The van der Waals surface area contributed by atoms with Gasteiger partial charge >= 0.3 is 0 Å². The van der Waals surface area contributed by atoms with E-state index >= 15 is 0 Å². The van der Waals surface area contributed by atoms with Gasteiger partial charge in [0.05, 0.1) is 0 Å². The van der Waals surface area contributed by atoms with Gasteiger partial charge in [-0.2, -0.15) is 5.26 Å². The van der Waals surface area contributed by atoms with Crippen molar-refractivity contribution in [3.63, 3.8) is 0 Å². The first-order valence-electron chi connectivity index (χ1n) is 5.31. The van der Waals surface area contributed by atoms with Crippen molar-refractivity contribution in [3.05, 3.63) is 41.0 Å². The fourth-order valence-corrected chi connectivity index (χ4v) is 1.27. The molecule has 0 bridgehead atoms. The smallest absolute Gasteiger partial charge is 0.262 e. The van der Waals surface area contributed by atoms with Crippen molar-refractivity contribution in [2.45, 2.75) is 19.9 Å². The number of carbonyl (C=O) groups is 1. The summed E-state index contributed by atoms with van der Waals surface area (Å²) in [5.41, 5.74) is -0.404. The third kappa shape index (κ3) is 3.67. The molecule has 1 aromatic rings. The lowest BCUT2D eigenvalue weighted by molar-refractivity contribution is -0.117. The predicted octanol–water partition coefficient (Wildman–Crippen LogP) is 2.40. The minimum atomic E-state index is -0.693. The molecule has 1 rings (SSSR count). The van der Waals surface area contributed by atoms with Crippen molar-refractivity contribution in [3.8, 4) is 6.07 Å². The fraction of sp³-hybridized carbons (Fsp3) is 0.231. The summed E-state index contributed by atoms with van der Waals surface area (Å²) in [4.78, 5) is 11.6. The largest absolute Gasteiger partial charge is 0.349 e. The predicted molar refractivity (Wildman–Crippen MR) is 63.2 cm³/mol. The minimum Gasteiger partial charge on any atom is -0.349 e. The SMILES string of the molecule is CC(C)NC(=O)C(C#N)=Cc1cc(F)ccc1F. The van der Waals surface area contributed by atoms with Crippen LogP contribution < -0.4 is 5.32 Å². The number of rotatable bonds is 3. The van der Waals surface area contributed by atoms with Crippen LogP contribution in [0.4, 0.5) is 8.78 Å². The van der Waals surface area contributed by atoms with E-state index in [2.05, 4.69) is 5.32 Å². The highest BCUT2D eigenvalue weighted by atomic mass is 19.1. The summed E-state index contributed by atoms with van der Waals surface area (Å²) < 4.78 is 26.3. The van der Waals surface area contributed by atoms with Gasteiger partial charge in [0.25, 0.3) is 5.91 Å². The van der Waals surface area contributed by atoms with E-state index in [0.717, 1.165) is 24.3 Å². The Labute approximate surface area is 104 Å². The van der Waals surface area contributed by atoms with Crippen LogP contribution in [0.25, 0.3) is 6.08 Å². The molecule has 0 heterocycles. The number of nitrogens with zero attached hydrogens (tertiary/aromatic N) is 1. The first kappa shape index (κ1) is 13.8. The van der Waals surface area contributed by atoms with Gasteiger partial charge in [-0.1, -0.05) is 0 Å². The Bertz CT molecular complexity index is 530. The molecule has 94 valence electrons. The second-order valence-corrected chi connectivity index (χ2v) is 3.96. The number of hydrogen-bond donors (Lipinski definition) is 1. The van der Waals surface area contributed by atoms with Crippen molar-refractivity contribution >= 4 is 12.0 Å².